The van der Waals surface area contributed by atoms with Crippen LogP contribution in [-0.4, -0.2) is 16.8 Å². The first-order valence-corrected chi connectivity index (χ1v) is 3.99. The lowest BCUT2D eigenvalue weighted by Gasteiger charge is -1.70. The molecular weight excluding hydrogens is 176 g/mol. The first-order chi connectivity index (χ1) is 7.00. The van der Waals surface area contributed by atoms with E-state index < -0.39 is 0 Å². The molecule has 0 aromatic carbocycles. The molecule has 0 fully saturated rings. The predicted octanol–water partition coefficient (Wildman–Crippen LogP) is 1.98. The van der Waals surface area contributed by atoms with Crippen LogP contribution in [-0.2, 0) is 4.79 Å². The molecule has 2 aromatic heterocycles. The first-order valence-electron chi connectivity index (χ1n) is 3.99. The lowest BCUT2D eigenvalue weighted by Crippen LogP contribution is -1.58. The topological polar surface area (TPSA) is 42.9 Å². The Morgan fingerprint density at radius 2 is 0.857 bits per heavy atom. The van der Waals surface area contributed by atoms with Gasteiger partial charge in [-0.1, -0.05) is 12.1 Å². The van der Waals surface area contributed by atoms with Gasteiger partial charge in [0.05, 0.1) is 0 Å². The molecular formula is C11H12N2O. The van der Waals surface area contributed by atoms with E-state index in [0.717, 1.165) is 0 Å². The van der Waals surface area contributed by atoms with Crippen LogP contribution in [0.2, 0.25) is 0 Å². The second-order valence-electron chi connectivity index (χ2n) is 2.05. The number of rotatable bonds is 0. The number of hydrogen-bond donors (Lipinski definition) is 0. The van der Waals surface area contributed by atoms with Crippen LogP contribution in [0.25, 0.3) is 0 Å². The van der Waals surface area contributed by atoms with Crippen LogP contribution in [0, 0.1) is 0 Å². The van der Waals surface area contributed by atoms with Gasteiger partial charge >= 0.3 is 0 Å². The Labute approximate surface area is 83.5 Å². The summed E-state index contributed by atoms with van der Waals surface area (Å²) in [4.78, 5) is 15.6. The third kappa shape index (κ3) is 8.07. The van der Waals surface area contributed by atoms with Crippen molar-refractivity contribution in [1.82, 2.24) is 9.97 Å². The van der Waals surface area contributed by atoms with Crippen molar-refractivity contribution >= 4 is 6.79 Å². The maximum Gasteiger partial charge on any atom is 0.106 e. The largest absolute Gasteiger partial charge is 0.307 e. The lowest BCUT2D eigenvalue weighted by molar-refractivity contribution is -0.0979. The van der Waals surface area contributed by atoms with Crippen molar-refractivity contribution in [2.45, 2.75) is 0 Å². The van der Waals surface area contributed by atoms with Gasteiger partial charge in [-0.2, -0.15) is 0 Å². The van der Waals surface area contributed by atoms with Crippen LogP contribution < -0.4 is 0 Å². The highest BCUT2D eigenvalue weighted by Crippen LogP contribution is 1.74. The molecule has 3 heteroatoms. The molecule has 2 heterocycles. The average Bonchev–Trinajstić information content (AvgIpc) is 2.37. The minimum atomic E-state index is 1.75. The summed E-state index contributed by atoms with van der Waals surface area (Å²) in [5.74, 6) is 0. The van der Waals surface area contributed by atoms with Gasteiger partial charge in [0.2, 0.25) is 0 Å². The van der Waals surface area contributed by atoms with E-state index in [1.165, 1.54) is 0 Å². The second-order valence-corrected chi connectivity index (χ2v) is 2.05. The molecule has 0 radical (unpaired) electrons. The minimum absolute atomic E-state index is 1.75. The Morgan fingerprint density at radius 3 is 0.929 bits per heavy atom. The van der Waals surface area contributed by atoms with Gasteiger partial charge in [0, 0.05) is 24.8 Å². The summed E-state index contributed by atoms with van der Waals surface area (Å²) in [6.07, 6.45) is 7.00. The highest BCUT2D eigenvalue weighted by molar-refractivity contribution is 5.11. The SMILES string of the molecule is C=O.c1ccncc1.c1ccncc1. The monoisotopic (exact) mass is 188 g/mol. The lowest BCUT2D eigenvalue weighted by atomic mass is 10.5. The summed E-state index contributed by atoms with van der Waals surface area (Å²) in [7, 11) is 0. The Balaban J connectivity index is 0.000000206. The normalized spacial score (nSPS) is 7.14. The molecule has 0 bridgehead atoms. The number of carbonyl (C=O) groups is 1. The van der Waals surface area contributed by atoms with Crippen LogP contribution in [0.5, 0.6) is 0 Å². The molecule has 0 aliphatic rings. The number of pyridine rings is 2. The van der Waals surface area contributed by atoms with E-state index in [2.05, 4.69) is 9.97 Å². The summed E-state index contributed by atoms with van der Waals surface area (Å²) >= 11 is 0. The number of nitrogens with zero attached hydrogens (tertiary/aromatic N) is 2. The molecule has 3 nitrogen and oxygen atoms in total. The molecule has 2 rings (SSSR count). The summed E-state index contributed by atoms with van der Waals surface area (Å²) in [5, 5.41) is 0. The molecule has 0 saturated carbocycles. The highest BCUT2D eigenvalue weighted by atomic mass is 16.1. The molecule has 0 atom stereocenters. The highest BCUT2D eigenvalue weighted by Gasteiger charge is 1.59. The molecule has 0 saturated heterocycles. The van der Waals surface area contributed by atoms with Gasteiger partial charge in [-0.15, -0.1) is 0 Å². The zero-order valence-corrected chi connectivity index (χ0v) is 7.78. The molecule has 72 valence electrons. The molecule has 0 unspecified atom stereocenters. The van der Waals surface area contributed by atoms with Crippen LogP contribution in [0.15, 0.2) is 61.2 Å². The molecule has 14 heavy (non-hydrogen) atoms. The van der Waals surface area contributed by atoms with Gasteiger partial charge in [-0.3, -0.25) is 9.97 Å². The van der Waals surface area contributed by atoms with Crippen molar-refractivity contribution in [3.8, 4) is 0 Å². The molecule has 2 aromatic rings. The predicted molar refractivity (Wildman–Crippen MR) is 55.6 cm³/mol. The smallest absolute Gasteiger partial charge is 0.106 e. The summed E-state index contributed by atoms with van der Waals surface area (Å²) in [5.41, 5.74) is 0. The quantitative estimate of drug-likeness (QED) is 0.634. The van der Waals surface area contributed by atoms with Gasteiger partial charge in [-0.25, -0.2) is 0 Å². The number of carbonyl (C=O) groups excluding carboxylic acids is 1. The molecule has 0 N–H and O–H groups in total. The van der Waals surface area contributed by atoms with E-state index in [-0.39, 0.29) is 0 Å². The van der Waals surface area contributed by atoms with E-state index in [4.69, 9.17) is 4.79 Å². The third-order valence-electron chi connectivity index (χ3n) is 1.13. The van der Waals surface area contributed by atoms with Crippen molar-refractivity contribution in [1.29, 1.82) is 0 Å². The van der Waals surface area contributed by atoms with Crippen molar-refractivity contribution < 1.29 is 4.79 Å². The zero-order chi connectivity index (χ0) is 10.5. The molecule has 0 aliphatic carbocycles. The average molecular weight is 188 g/mol. The summed E-state index contributed by atoms with van der Waals surface area (Å²) in [6.45, 7) is 2.00. The fraction of sp³-hybridized carbons (Fsp3) is 0. The summed E-state index contributed by atoms with van der Waals surface area (Å²) in [6, 6.07) is 11.4. The van der Waals surface area contributed by atoms with E-state index in [9.17, 15) is 0 Å². The minimum Gasteiger partial charge on any atom is -0.307 e. The van der Waals surface area contributed by atoms with Crippen LogP contribution in [0.3, 0.4) is 0 Å². The Bertz CT molecular complexity index is 202. The number of aromatic nitrogens is 2. The van der Waals surface area contributed by atoms with Crippen LogP contribution >= 0.6 is 0 Å². The fourth-order valence-electron chi connectivity index (χ4n) is 0.625. The maximum absolute atomic E-state index is 8.00. The van der Waals surface area contributed by atoms with E-state index in [1.54, 1.807) is 24.8 Å². The molecule has 0 aliphatic heterocycles. The molecule has 0 amide bonds. The second kappa shape index (κ2) is 11.0. The maximum atomic E-state index is 8.00. The van der Waals surface area contributed by atoms with Gasteiger partial charge < -0.3 is 4.79 Å². The van der Waals surface area contributed by atoms with Crippen molar-refractivity contribution in [2.75, 3.05) is 0 Å². The van der Waals surface area contributed by atoms with Crippen LogP contribution in [0.4, 0.5) is 0 Å². The van der Waals surface area contributed by atoms with Crippen molar-refractivity contribution in [2.24, 2.45) is 0 Å². The van der Waals surface area contributed by atoms with Gasteiger partial charge in [0.1, 0.15) is 6.79 Å². The summed E-state index contributed by atoms with van der Waals surface area (Å²) < 4.78 is 0. The van der Waals surface area contributed by atoms with Gasteiger partial charge in [0.15, 0.2) is 0 Å². The third-order valence-corrected chi connectivity index (χ3v) is 1.13. The van der Waals surface area contributed by atoms with Gasteiger partial charge in [0.25, 0.3) is 0 Å². The number of hydrogen-bond acceptors (Lipinski definition) is 3. The van der Waals surface area contributed by atoms with Crippen LogP contribution in [0.1, 0.15) is 0 Å². The Hall–Kier alpha value is -2.03. The van der Waals surface area contributed by atoms with Crippen molar-refractivity contribution in [3.63, 3.8) is 0 Å². The Kier molecular flexibility index (Phi) is 9.38. The van der Waals surface area contributed by atoms with E-state index >= 15 is 0 Å². The standard InChI is InChI=1S/2C5H5N.CH2O/c2*1-2-4-6-5-3-1;1-2/h2*1-5H;1H2. The fourth-order valence-corrected chi connectivity index (χ4v) is 0.625. The Morgan fingerprint density at radius 1 is 0.571 bits per heavy atom. The van der Waals surface area contributed by atoms with Crippen molar-refractivity contribution in [3.05, 3.63) is 61.2 Å². The van der Waals surface area contributed by atoms with E-state index in [1.807, 2.05) is 43.2 Å². The van der Waals surface area contributed by atoms with E-state index in [0.29, 0.717) is 0 Å². The zero-order valence-electron chi connectivity index (χ0n) is 7.78. The first kappa shape index (κ1) is 12.0. The van der Waals surface area contributed by atoms with Gasteiger partial charge in [-0.05, 0) is 24.3 Å². The molecule has 0 spiro atoms.